The molecule has 0 radical (unpaired) electrons. The molecule has 0 heterocycles. The molecule has 2 aromatic carbocycles. The molecule has 1 amide bonds. The summed E-state index contributed by atoms with van der Waals surface area (Å²) in [4.78, 5) is 12.1. The van der Waals surface area contributed by atoms with Crippen molar-refractivity contribution in [3.05, 3.63) is 57.3 Å². The number of amides is 1. The van der Waals surface area contributed by atoms with Gasteiger partial charge in [0.15, 0.2) is 0 Å². The molecular weight excluding hydrogens is 411 g/mol. The largest absolute Gasteiger partial charge is 0.319 e. The minimum atomic E-state index is -3.48. The van der Waals surface area contributed by atoms with Crippen LogP contribution in [0.5, 0.6) is 0 Å². The summed E-state index contributed by atoms with van der Waals surface area (Å²) >= 11 is 9.07. The number of rotatable bonds is 4. The maximum atomic E-state index is 13.7. The maximum absolute atomic E-state index is 13.7. The molecule has 0 spiro atoms. The Balaban J connectivity index is 2.21. The van der Waals surface area contributed by atoms with Gasteiger partial charge in [0, 0.05) is 10.0 Å². The van der Waals surface area contributed by atoms with Crippen LogP contribution in [0.15, 0.2) is 40.9 Å². The smallest absolute Gasteiger partial charge is 0.255 e. The summed E-state index contributed by atoms with van der Waals surface area (Å²) in [5.74, 6) is -1.16. The molecule has 0 unspecified atom stereocenters. The first kappa shape index (κ1) is 17.7. The number of hydrogen-bond donors (Lipinski definition) is 2. The van der Waals surface area contributed by atoms with Crippen LogP contribution in [0.2, 0.25) is 5.02 Å². The lowest BCUT2D eigenvalue weighted by atomic mass is 10.2. The van der Waals surface area contributed by atoms with Crippen LogP contribution in [-0.2, 0) is 10.0 Å². The lowest BCUT2D eigenvalue weighted by molar-refractivity contribution is 0.102. The first-order valence-corrected chi connectivity index (χ1v) is 9.26. The number of sulfonamides is 1. The summed E-state index contributed by atoms with van der Waals surface area (Å²) in [5, 5.41) is 2.47. The molecule has 0 fully saturated rings. The number of halogens is 3. The van der Waals surface area contributed by atoms with Gasteiger partial charge in [0.25, 0.3) is 5.91 Å². The first-order chi connectivity index (χ1) is 10.7. The molecule has 23 heavy (non-hydrogen) atoms. The summed E-state index contributed by atoms with van der Waals surface area (Å²) in [6.07, 6.45) is 0.986. The van der Waals surface area contributed by atoms with Crippen LogP contribution in [0.25, 0.3) is 0 Å². The van der Waals surface area contributed by atoms with E-state index in [1.807, 2.05) is 0 Å². The Morgan fingerprint density at radius 3 is 2.39 bits per heavy atom. The molecular formula is C14H11BrClFN2O3S. The lowest BCUT2D eigenvalue weighted by Crippen LogP contribution is -2.14. The fraction of sp³-hybridized carbons (Fsp3) is 0.0714. The van der Waals surface area contributed by atoms with Crippen molar-refractivity contribution in [3.63, 3.8) is 0 Å². The monoisotopic (exact) mass is 420 g/mol. The van der Waals surface area contributed by atoms with Crippen molar-refractivity contribution in [2.75, 3.05) is 16.3 Å². The van der Waals surface area contributed by atoms with Gasteiger partial charge in [-0.05, 0) is 36.4 Å². The van der Waals surface area contributed by atoms with E-state index in [0.717, 1.165) is 6.26 Å². The van der Waals surface area contributed by atoms with Gasteiger partial charge < -0.3 is 5.32 Å². The molecule has 0 aromatic heterocycles. The van der Waals surface area contributed by atoms with Gasteiger partial charge in [0.1, 0.15) is 5.82 Å². The fourth-order valence-corrected chi connectivity index (χ4v) is 2.92. The van der Waals surface area contributed by atoms with Crippen molar-refractivity contribution in [1.82, 2.24) is 0 Å². The van der Waals surface area contributed by atoms with Crippen molar-refractivity contribution >= 4 is 54.8 Å². The maximum Gasteiger partial charge on any atom is 0.255 e. The predicted molar refractivity (Wildman–Crippen MR) is 92.0 cm³/mol. The minimum Gasteiger partial charge on any atom is -0.319 e. The van der Waals surface area contributed by atoms with Gasteiger partial charge >= 0.3 is 0 Å². The van der Waals surface area contributed by atoms with Crippen LogP contribution in [0.3, 0.4) is 0 Å². The quantitative estimate of drug-likeness (QED) is 0.787. The van der Waals surface area contributed by atoms with Crippen LogP contribution in [-0.4, -0.2) is 20.6 Å². The molecule has 0 aliphatic carbocycles. The van der Waals surface area contributed by atoms with Gasteiger partial charge in [0.2, 0.25) is 10.0 Å². The highest BCUT2D eigenvalue weighted by molar-refractivity contribution is 9.10. The Hall–Kier alpha value is -1.64. The van der Waals surface area contributed by atoms with E-state index < -0.39 is 21.7 Å². The number of carbonyl (C=O) groups is 1. The SMILES string of the molecule is CS(=O)(=O)Nc1ccc(C(=O)Nc2ccc(Br)cc2F)cc1Cl. The Morgan fingerprint density at radius 2 is 1.83 bits per heavy atom. The van der Waals surface area contributed by atoms with Crippen molar-refractivity contribution in [2.45, 2.75) is 0 Å². The van der Waals surface area contributed by atoms with Crippen LogP contribution in [0, 0.1) is 5.82 Å². The van der Waals surface area contributed by atoms with Gasteiger partial charge in [-0.2, -0.15) is 0 Å². The lowest BCUT2D eigenvalue weighted by Gasteiger charge is -2.10. The molecule has 122 valence electrons. The third kappa shape index (κ3) is 4.92. The molecule has 0 saturated carbocycles. The fourth-order valence-electron chi connectivity index (χ4n) is 1.72. The van der Waals surface area contributed by atoms with Crippen LogP contribution < -0.4 is 10.0 Å². The third-order valence-corrected chi connectivity index (χ3v) is 4.10. The van der Waals surface area contributed by atoms with E-state index in [0.29, 0.717) is 4.47 Å². The van der Waals surface area contributed by atoms with Crippen LogP contribution in [0.4, 0.5) is 15.8 Å². The molecule has 9 heteroatoms. The number of benzene rings is 2. The highest BCUT2D eigenvalue weighted by atomic mass is 79.9. The van der Waals surface area contributed by atoms with E-state index >= 15 is 0 Å². The summed E-state index contributed by atoms with van der Waals surface area (Å²) < 4.78 is 38.8. The zero-order valence-electron chi connectivity index (χ0n) is 11.7. The Kier molecular flexibility index (Phi) is 5.28. The van der Waals surface area contributed by atoms with Crippen LogP contribution in [0.1, 0.15) is 10.4 Å². The first-order valence-electron chi connectivity index (χ1n) is 6.19. The average molecular weight is 422 g/mol. The molecule has 2 aromatic rings. The second kappa shape index (κ2) is 6.86. The van der Waals surface area contributed by atoms with E-state index in [4.69, 9.17) is 11.6 Å². The molecule has 5 nitrogen and oxygen atoms in total. The molecule has 0 saturated heterocycles. The number of hydrogen-bond acceptors (Lipinski definition) is 3. The highest BCUT2D eigenvalue weighted by Gasteiger charge is 2.13. The Morgan fingerprint density at radius 1 is 1.17 bits per heavy atom. The van der Waals surface area contributed by atoms with Gasteiger partial charge in [0.05, 0.1) is 22.7 Å². The Bertz CT molecular complexity index is 874. The third-order valence-electron chi connectivity index (χ3n) is 2.71. The zero-order valence-corrected chi connectivity index (χ0v) is 14.9. The molecule has 2 N–H and O–H groups in total. The van der Waals surface area contributed by atoms with E-state index in [2.05, 4.69) is 26.0 Å². The molecule has 0 aliphatic rings. The molecule has 0 bridgehead atoms. The number of nitrogens with one attached hydrogen (secondary N) is 2. The van der Waals surface area contributed by atoms with Crippen molar-refractivity contribution < 1.29 is 17.6 Å². The standard InChI is InChI=1S/C14H11BrClFN2O3S/c1-23(21,22)19-12-4-2-8(6-10(12)16)14(20)18-13-5-3-9(15)7-11(13)17/h2-7,19H,1H3,(H,18,20). The topological polar surface area (TPSA) is 75.3 Å². The van der Waals surface area contributed by atoms with E-state index in [9.17, 15) is 17.6 Å². The molecule has 2 rings (SSSR count). The summed E-state index contributed by atoms with van der Waals surface area (Å²) in [5.41, 5.74) is 0.338. The van der Waals surface area contributed by atoms with E-state index in [1.54, 1.807) is 6.07 Å². The average Bonchev–Trinajstić information content (AvgIpc) is 2.42. The van der Waals surface area contributed by atoms with Crippen molar-refractivity contribution in [2.24, 2.45) is 0 Å². The van der Waals surface area contributed by atoms with Gasteiger partial charge in [-0.3, -0.25) is 9.52 Å². The Labute approximate surface area is 146 Å². The molecule has 0 aliphatic heterocycles. The van der Waals surface area contributed by atoms with E-state index in [-0.39, 0.29) is 22.0 Å². The number of anilines is 2. The number of carbonyl (C=O) groups excluding carboxylic acids is 1. The second-order valence-corrected chi connectivity index (χ2v) is 7.72. The van der Waals surface area contributed by atoms with Crippen molar-refractivity contribution in [3.8, 4) is 0 Å². The van der Waals surface area contributed by atoms with Crippen molar-refractivity contribution in [1.29, 1.82) is 0 Å². The second-order valence-electron chi connectivity index (χ2n) is 4.65. The zero-order chi connectivity index (χ0) is 17.2. The normalized spacial score (nSPS) is 11.1. The van der Waals surface area contributed by atoms with Gasteiger partial charge in [-0.25, -0.2) is 12.8 Å². The van der Waals surface area contributed by atoms with Gasteiger partial charge in [-0.15, -0.1) is 0 Å². The predicted octanol–water partition coefficient (Wildman–Crippen LogP) is 3.87. The summed E-state index contributed by atoms with van der Waals surface area (Å²) in [6.45, 7) is 0. The molecule has 0 atom stereocenters. The van der Waals surface area contributed by atoms with E-state index in [1.165, 1.54) is 30.3 Å². The summed E-state index contributed by atoms with van der Waals surface area (Å²) in [7, 11) is -3.48. The van der Waals surface area contributed by atoms with Gasteiger partial charge in [-0.1, -0.05) is 27.5 Å². The summed E-state index contributed by atoms with van der Waals surface area (Å²) in [6, 6.07) is 8.26. The highest BCUT2D eigenvalue weighted by Crippen LogP contribution is 2.25. The minimum absolute atomic E-state index is 0.0210. The van der Waals surface area contributed by atoms with Crippen LogP contribution >= 0.6 is 27.5 Å².